The Bertz CT molecular complexity index is 712. The maximum Gasteiger partial charge on any atom is 0.226 e. The van der Waals surface area contributed by atoms with E-state index >= 15 is 0 Å². The fraction of sp³-hybridized carbons (Fsp3) is 0.524. The van der Waals surface area contributed by atoms with Crippen LogP contribution < -0.4 is 5.32 Å². The third-order valence-corrected chi connectivity index (χ3v) is 5.44. The van der Waals surface area contributed by atoms with Crippen LogP contribution >= 0.6 is 0 Å². The Morgan fingerprint density at radius 1 is 1.15 bits per heavy atom. The average Bonchev–Trinajstić information content (AvgIpc) is 3.21. The molecule has 0 aromatic heterocycles. The molecule has 2 aliphatic rings. The Hall–Kier alpha value is -2.24. The highest BCUT2D eigenvalue weighted by Crippen LogP contribution is 2.26. The normalized spacial score (nSPS) is 20.1. The molecule has 0 bridgehead atoms. The summed E-state index contributed by atoms with van der Waals surface area (Å²) in [6, 6.07) is 3.61. The number of benzene rings is 1. The maximum atomic E-state index is 13.2. The maximum absolute atomic E-state index is 13.2. The number of nitrogens with one attached hydrogen (secondary N) is 1. The molecule has 2 amide bonds. The third kappa shape index (κ3) is 5.37. The second kappa shape index (κ2) is 9.11. The van der Waals surface area contributed by atoms with Crippen LogP contribution in [0, 0.1) is 23.5 Å². The van der Waals surface area contributed by atoms with Gasteiger partial charge in [0.1, 0.15) is 0 Å². The molecule has 1 aromatic carbocycles. The monoisotopic (exact) mass is 376 g/mol. The van der Waals surface area contributed by atoms with E-state index in [4.69, 9.17) is 0 Å². The molecule has 1 aliphatic heterocycles. The van der Waals surface area contributed by atoms with Crippen molar-refractivity contribution in [2.45, 2.75) is 45.1 Å². The highest BCUT2D eigenvalue weighted by atomic mass is 19.2. The SMILES string of the molecule is O=C(CCC1CCCN(C(=O)C2CC=CC2)C1)NCc1ccc(F)c(F)c1. The summed E-state index contributed by atoms with van der Waals surface area (Å²) in [4.78, 5) is 26.6. The van der Waals surface area contributed by atoms with Crippen molar-refractivity contribution in [2.24, 2.45) is 11.8 Å². The lowest BCUT2D eigenvalue weighted by Gasteiger charge is -2.34. The number of hydrogen-bond acceptors (Lipinski definition) is 2. The lowest BCUT2D eigenvalue weighted by molar-refractivity contribution is -0.137. The molecular weight excluding hydrogens is 350 g/mol. The van der Waals surface area contributed by atoms with Crippen LogP contribution in [0.5, 0.6) is 0 Å². The Balaban J connectivity index is 1.40. The van der Waals surface area contributed by atoms with Crippen molar-refractivity contribution in [3.05, 3.63) is 47.5 Å². The summed E-state index contributed by atoms with van der Waals surface area (Å²) in [5.41, 5.74) is 0.530. The van der Waals surface area contributed by atoms with E-state index in [-0.39, 0.29) is 24.3 Å². The molecule has 0 saturated carbocycles. The molecule has 6 heteroatoms. The van der Waals surface area contributed by atoms with Gasteiger partial charge in [-0.2, -0.15) is 0 Å². The molecular formula is C21H26F2N2O2. The first-order chi connectivity index (χ1) is 13.0. The summed E-state index contributed by atoms with van der Waals surface area (Å²) in [5.74, 6) is -1.23. The van der Waals surface area contributed by atoms with Gasteiger partial charge in [0.2, 0.25) is 11.8 Å². The van der Waals surface area contributed by atoms with Crippen molar-refractivity contribution in [3.8, 4) is 0 Å². The van der Waals surface area contributed by atoms with Crippen molar-refractivity contribution in [2.75, 3.05) is 13.1 Å². The van der Waals surface area contributed by atoms with Crippen molar-refractivity contribution >= 4 is 11.8 Å². The molecule has 4 nitrogen and oxygen atoms in total. The summed E-state index contributed by atoms with van der Waals surface area (Å²) in [7, 11) is 0. The molecule has 0 spiro atoms. The van der Waals surface area contributed by atoms with E-state index in [1.54, 1.807) is 0 Å². The summed E-state index contributed by atoms with van der Waals surface area (Å²) < 4.78 is 26.1. The zero-order valence-electron chi connectivity index (χ0n) is 15.4. The number of halogens is 2. The fourth-order valence-corrected chi connectivity index (χ4v) is 3.85. The van der Waals surface area contributed by atoms with E-state index in [0.29, 0.717) is 17.9 Å². The van der Waals surface area contributed by atoms with Crippen molar-refractivity contribution < 1.29 is 18.4 Å². The predicted octanol–water partition coefficient (Wildman–Crippen LogP) is 3.57. The van der Waals surface area contributed by atoms with E-state index in [2.05, 4.69) is 17.5 Å². The van der Waals surface area contributed by atoms with E-state index in [0.717, 1.165) is 57.3 Å². The molecule has 1 heterocycles. The van der Waals surface area contributed by atoms with Crippen LogP contribution in [0.1, 0.15) is 44.1 Å². The largest absolute Gasteiger partial charge is 0.352 e. The second-order valence-electron chi connectivity index (χ2n) is 7.50. The number of carbonyl (C=O) groups is 2. The number of nitrogens with zero attached hydrogens (tertiary/aromatic N) is 1. The smallest absolute Gasteiger partial charge is 0.226 e. The van der Waals surface area contributed by atoms with Crippen LogP contribution in [0.3, 0.4) is 0 Å². The summed E-state index contributed by atoms with van der Waals surface area (Å²) in [5, 5.41) is 2.75. The zero-order valence-corrected chi connectivity index (χ0v) is 15.4. The minimum atomic E-state index is -0.911. The highest BCUT2D eigenvalue weighted by Gasteiger charge is 2.29. The van der Waals surface area contributed by atoms with Gasteiger partial charge in [0.05, 0.1) is 0 Å². The molecule has 3 rings (SSSR count). The predicted molar refractivity (Wildman–Crippen MR) is 98.6 cm³/mol. The highest BCUT2D eigenvalue weighted by molar-refractivity contribution is 5.80. The minimum absolute atomic E-state index is 0.100. The number of piperidine rings is 1. The van der Waals surface area contributed by atoms with E-state index < -0.39 is 11.6 Å². The number of hydrogen-bond donors (Lipinski definition) is 1. The van der Waals surface area contributed by atoms with Crippen LogP contribution in [0.4, 0.5) is 8.78 Å². The van der Waals surface area contributed by atoms with E-state index in [9.17, 15) is 18.4 Å². The van der Waals surface area contributed by atoms with Crippen molar-refractivity contribution in [1.29, 1.82) is 0 Å². The van der Waals surface area contributed by atoms with Gasteiger partial charge in [-0.15, -0.1) is 0 Å². The Morgan fingerprint density at radius 2 is 1.93 bits per heavy atom. The Kier molecular flexibility index (Phi) is 6.58. The molecule has 0 radical (unpaired) electrons. The van der Waals surface area contributed by atoms with Gasteiger partial charge in [0.15, 0.2) is 11.6 Å². The molecule has 1 saturated heterocycles. The molecule has 1 aliphatic carbocycles. The lowest BCUT2D eigenvalue weighted by Crippen LogP contribution is -2.42. The number of likely N-dealkylation sites (tertiary alicyclic amines) is 1. The van der Waals surface area contributed by atoms with Gasteiger partial charge in [-0.1, -0.05) is 18.2 Å². The first-order valence-corrected chi connectivity index (χ1v) is 9.67. The van der Waals surface area contributed by atoms with Crippen molar-refractivity contribution in [3.63, 3.8) is 0 Å². The van der Waals surface area contributed by atoms with Crippen LogP contribution in [0.15, 0.2) is 30.4 Å². The number of carbonyl (C=O) groups excluding carboxylic acids is 2. The van der Waals surface area contributed by atoms with Crippen LogP contribution in [0.2, 0.25) is 0 Å². The quantitative estimate of drug-likeness (QED) is 0.772. The van der Waals surface area contributed by atoms with Gasteiger partial charge in [-0.3, -0.25) is 9.59 Å². The van der Waals surface area contributed by atoms with Crippen LogP contribution in [-0.2, 0) is 16.1 Å². The summed E-state index contributed by atoms with van der Waals surface area (Å²) in [6.07, 6.45) is 8.94. The summed E-state index contributed by atoms with van der Waals surface area (Å²) >= 11 is 0. The van der Waals surface area contributed by atoms with Crippen molar-refractivity contribution in [1.82, 2.24) is 10.2 Å². The molecule has 1 aromatic rings. The Labute approximate surface area is 158 Å². The molecule has 27 heavy (non-hydrogen) atoms. The lowest BCUT2D eigenvalue weighted by atomic mass is 9.92. The fourth-order valence-electron chi connectivity index (χ4n) is 3.85. The standard InChI is InChI=1S/C21H26F2N2O2/c22-18-9-7-16(12-19(18)23)13-24-20(26)10-8-15-4-3-11-25(14-15)21(27)17-5-1-2-6-17/h1-2,7,9,12,15,17H,3-6,8,10-11,13-14H2,(H,24,26). The van der Waals surface area contributed by atoms with E-state index in [1.165, 1.54) is 6.07 Å². The molecule has 1 fully saturated rings. The number of amides is 2. The van der Waals surface area contributed by atoms with E-state index in [1.807, 2.05) is 4.90 Å². The second-order valence-corrected chi connectivity index (χ2v) is 7.50. The Morgan fingerprint density at radius 3 is 2.67 bits per heavy atom. The van der Waals surface area contributed by atoms with Crippen LogP contribution in [-0.4, -0.2) is 29.8 Å². The topological polar surface area (TPSA) is 49.4 Å². The molecule has 1 atom stereocenters. The van der Waals surface area contributed by atoms with Gasteiger partial charge < -0.3 is 10.2 Å². The average molecular weight is 376 g/mol. The van der Waals surface area contributed by atoms with Gasteiger partial charge in [0, 0.05) is 32.0 Å². The van der Waals surface area contributed by atoms with Gasteiger partial charge in [0.25, 0.3) is 0 Å². The first kappa shape index (κ1) is 19.5. The minimum Gasteiger partial charge on any atom is -0.352 e. The number of rotatable bonds is 6. The van der Waals surface area contributed by atoms with Gasteiger partial charge >= 0.3 is 0 Å². The molecule has 146 valence electrons. The summed E-state index contributed by atoms with van der Waals surface area (Å²) in [6.45, 7) is 1.72. The van der Waals surface area contributed by atoms with Crippen LogP contribution in [0.25, 0.3) is 0 Å². The molecule has 1 unspecified atom stereocenters. The van der Waals surface area contributed by atoms with Gasteiger partial charge in [-0.05, 0) is 55.7 Å². The third-order valence-electron chi connectivity index (χ3n) is 5.44. The first-order valence-electron chi connectivity index (χ1n) is 9.67. The molecule has 1 N–H and O–H groups in total. The number of allylic oxidation sites excluding steroid dienone is 2. The zero-order chi connectivity index (χ0) is 19.2. The van der Waals surface area contributed by atoms with Gasteiger partial charge in [-0.25, -0.2) is 8.78 Å².